The zero-order chi connectivity index (χ0) is 14.7. The molecule has 2 aromatic rings. The van der Waals surface area contributed by atoms with Crippen LogP contribution in [0.2, 0.25) is 0 Å². The van der Waals surface area contributed by atoms with Crippen LogP contribution in [0.25, 0.3) is 0 Å². The number of nitrogens with zero attached hydrogens (tertiary/aromatic N) is 3. The summed E-state index contributed by atoms with van der Waals surface area (Å²) in [7, 11) is 0. The van der Waals surface area contributed by atoms with Gasteiger partial charge in [-0.1, -0.05) is 0 Å². The average molecular weight is 382 g/mol. The molecule has 0 bridgehead atoms. The highest BCUT2D eigenvalue weighted by molar-refractivity contribution is 14.1. The Morgan fingerprint density at radius 3 is 2.80 bits per heavy atom. The van der Waals surface area contributed by atoms with E-state index in [1.165, 1.54) is 0 Å². The summed E-state index contributed by atoms with van der Waals surface area (Å²) < 4.78 is 8.43. The molecule has 0 saturated carbocycles. The number of halogens is 1. The van der Waals surface area contributed by atoms with Crippen molar-refractivity contribution in [2.75, 3.05) is 5.73 Å². The van der Waals surface area contributed by atoms with Crippen molar-refractivity contribution < 1.29 is 4.74 Å². The molecule has 2 rings (SSSR count). The molecule has 2 N–H and O–H groups in total. The van der Waals surface area contributed by atoms with Crippen molar-refractivity contribution in [2.45, 2.75) is 26.5 Å². The van der Waals surface area contributed by atoms with E-state index in [2.05, 4.69) is 47.6 Å². The molecule has 20 heavy (non-hydrogen) atoms. The number of nitrogens with two attached hydrogens (primary N) is 1. The molecule has 1 aromatic heterocycles. The molecular weight excluding hydrogens is 367 g/mol. The van der Waals surface area contributed by atoms with Gasteiger partial charge in [-0.15, -0.1) is 0 Å². The van der Waals surface area contributed by atoms with Crippen LogP contribution in [0.15, 0.2) is 24.4 Å². The van der Waals surface area contributed by atoms with Crippen LogP contribution in [0, 0.1) is 14.9 Å². The van der Waals surface area contributed by atoms with Crippen molar-refractivity contribution >= 4 is 28.3 Å². The lowest BCUT2D eigenvalue weighted by atomic mass is 10.2. The second-order valence-electron chi connectivity index (χ2n) is 4.66. The predicted molar refractivity (Wildman–Crippen MR) is 85.2 cm³/mol. The molecule has 104 valence electrons. The van der Waals surface area contributed by atoms with E-state index in [9.17, 15) is 0 Å². The number of rotatable bonds is 4. The highest BCUT2D eigenvalue weighted by Crippen LogP contribution is 2.30. The first kappa shape index (κ1) is 14.7. The molecule has 1 aromatic carbocycles. The van der Waals surface area contributed by atoms with Crippen LogP contribution < -0.4 is 10.5 Å². The quantitative estimate of drug-likeness (QED) is 0.651. The molecule has 5 nitrogen and oxygen atoms in total. The summed E-state index contributed by atoms with van der Waals surface area (Å²) in [5.41, 5.74) is 7.75. The van der Waals surface area contributed by atoms with Gasteiger partial charge in [0.25, 0.3) is 0 Å². The lowest BCUT2D eigenvalue weighted by Crippen LogP contribution is -2.05. The highest BCUT2D eigenvalue weighted by Gasteiger charge is 2.10. The monoisotopic (exact) mass is 382 g/mol. The maximum absolute atomic E-state index is 8.88. The molecule has 0 fully saturated rings. The Kier molecular flexibility index (Phi) is 4.49. The Morgan fingerprint density at radius 2 is 2.25 bits per heavy atom. The first-order valence-electron chi connectivity index (χ1n) is 6.17. The smallest absolute Gasteiger partial charge is 0.156 e. The van der Waals surface area contributed by atoms with Crippen molar-refractivity contribution in [3.8, 4) is 11.8 Å². The number of ether oxygens (including phenoxy) is 1. The third-order valence-electron chi connectivity index (χ3n) is 2.76. The normalized spacial score (nSPS) is 10.6. The number of benzene rings is 1. The summed E-state index contributed by atoms with van der Waals surface area (Å²) in [4.78, 5) is 0. The fraction of sp³-hybridized carbons (Fsp3) is 0.286. The first-order valence-corrected chi connectivity index (χ1v) is 7.25. The molecule has 0 saturated heterocycles. The lowest BCUT2D eigenvalue weighted by Gasteiger charge is -2.10. The Hall–Kier alpha value is -1.75. The summed E-state index contributed by atoms with van der Waals surface area (Å²) in [5.74, 6) is 0.601. The molecule has 0 unspecified atom stereocenters. The van der Waals surface area contributed by atoms with Gasteiger partial charge in [0.15, 0.2) is 5.75 Å². The number of anilines is 1. The molecule has 0 aliphatic rings. The van der Waals surface area contributed by atoms with Gasteiger partial charge in [0.05, 0.1) is 26.6 Å². The Balaban J connectivity index is 2.13. The van der Waals surface area contributed by atoms with E-state index in [4.69, 9.17) is 15.7 Å². The van der Waals surface area contributed by atoms with E-state index in [-0.39, 0.29) is 0 Å². The molecule has 1 heterocycles. The highest BCUT2D eigenvalue weighted by atomic mass is 127. The predicted octanol–water partition coefficient (Wildman–Crippen LogP) is 3.10. The summed E-state index contributed by atoms with van der Waals surface area (Å²) >= 11 is 2.11. The Labute approximate surface area is 131 Å². The van der Waals surface area contributed by atoms with E-state index in [1.54, 1.807) is 12.1 Å². The van der Waals surface area contributed by atoms with Crippen LogP contribution in [-0.4, -0.2) is 9.78 Å². The summed E-state index contributed by atoms with van der Waals surface area (Å²) in [5, 5.41) is 13.3. The summed E-state index contributed by atoms with van der Waals surface area (Å²) in [6, 6.07) is 7.68. The largest absolute Gasteiger partial charge is 0.484 e. The Morgan fingerprint density at radius 1 is 1.50 bits per heavy atom. The molecule has 0 aliphatic heterocycles. The first-order chi connectivity index (χ1) is 9.51. The maximum Gasteiger partial charge on any atom is 0.156 e. The van der Waals surface area contributed by atoms with Crippen molar-refractivity contribution in [1.29, 1.82) is 5.26 Å². The van der Waals surface area contributed by atoms with Gasteiger partial charge < -0.3 is 10.5 Å². The molecule has 0 amide bonds. The average Bonchev–Trinajstić information content (AvgIpc) is 2.86. The number of nitriles is 1. The minimum absolute atomic E-state index is 0.323. The van der Waals surface area contributed by atoms with Gasteiger partial charge in [0.1, 0.15) is 6.61 Å². The van der Waals surface area contributed by atoms with Crippen LogP contribution in [0.4, 0.5) is 5.69 Å². The topological polar surface area (TPSA) is 76.9 Å². The maximum atomic E-state index is 8.88. The Bertz CT molecular complexity index is 634. The van der Waals surface area contributed by atoms with Gasteiger partial charge >= 0.3 is 0 Å². The van der Waals surface area contributed by atoms with Gasteiger partial charge in [-0.25, -0.2) is 0 Å². The van der Waals surface area contributed by atoms with Crippen LogP contribution in [0.5, 0.6) is 5.75 Å². The number of nitrogen functional groups attached to an aromatic ring is 1. The summed E-state index contributed by atoms with van der Waals surface area (Å²) in [6.45, 7) is 4.49. The van der Waals surface area contributed by atoms with Gasteiger partial charge in [0.2, 0.25) is 0 Å². The standard InChI is InChI=1S/C14H15IN4O/c1-9(2)19-4-3-11(18-19)8-20-14-12(15)5-10(7-16)6-13(14)17/h3-6,9H,8,17H2,1-2H3. The number of hydrogen-bond acceptors (Lipinski definition) is 4. The zero-order valence-electron chi connectivity index (χ0n) is 11.3. The molecule has 0 radical (unpaired) electrons. The second kappa shape index (κ2) is 6.13. The second-order valence-corrected chi connectivity index (χ2v) is 5.82. The van der Waals surface area contributed by atoms with Crippen molar-refractivity contribution in [1.82, 2.24) is 9.78 Å². The van der Waals surface area contributed by atoms with Crippen LogP contribution in [0.1, 0.15) is 31.1 Å². The van der Waals surface area contributed by atoms with Gasteiger partial charge in [-0.05, 0) is 54.6 Å². The van der Waals surface area contributed by atoms with Gasteiger partial charge in [-0.2, -0.15) is 10.4 Å². The third-order valence-corrected chi connectivity index (χ3v) is 3.56. The number of hydrogen-bond donors (Lipinski definition) is 1. The van der Waals surface area contributed by atoms with Crippen molar-refractivity contribution in [3.63, 3.8) is 0 Å². The van der Waals surface area contributed by atoms with E-state index in [0.717, 1.165) is 9.26 Å². The third kappa shape index (κ3) is 3.22. The van der Waals surface area contributed by atoms with Gasteiger partial charge in [-0.3, -0.25) is 4.68 Å². The number of aromatic nitrogens is 2. The van der Waals surface area contributed by atoms with Gasteiger partial charge in [0, 0.05) is 12.2 Å². The van der Waals surface area contributed by atoms with E-state index in [0.29, 0.717) is 29.6 Å². The minimum atomic E-state index is 0.323. The van der Waals surface area contributed by atoms with Crippen molar-refractivity contribution in [3.05, 3.63) is 39.2 Å². The van der Waals surface area contributed by atoms with E-state index >= 15 is 0 Å². The summed E-state index contributed by atoms with van der Waals surface area (Å²) in [6.07, 6.45) is 1.93. The fourth-order valence-electron chi connectivity index (χ4n) is 1.72. The van der Waals surface area contributed by atoms with E-state index < -0.39 is 0 Å². The molecule has 0 spiro atoms. The zero-order valence-corrected chi connectivity index (χ0v) is 13.5. The lowest BCUT2D eigenvalue weighted by molar-refractivity contribution is 0.298. The molecular formula is C14H15IN4O. The van der Waals surface area contributed by atoms with Crippen molar-refractivity contribution in [2.24, 2.45) is 0 Å². The molecule has 0 atom stereocenters. The van der Waals surface area contributed by atoms with E-state index in [1.807, 2.05) is 16.9 Å². The fourth-order valence-corrected chi connectivity index (χ4v) is 2.52. The minimum Gasteiger partial charge on any atom is -0.484 e. The van der Waals surface area contributed by atoms with Crippen LogP contribution >= 0.6 is 22.6 Å². The molecule has 0 aliphatic carbocycles. The van der Waals surface area contributed by atoms with Crippen LogP contribution in [-0.2, 0) is 6.61 Å². The SMILES string of the molecule is CC(C)n1ccc(COc2c(N)cc(C#N)cc2I)n1. The van der Waals surface area contributed by atoms with Crippen LogP contribution in [0.3, 0.4) is 0 Å². The molecule has 6 heteroatoms.